The molecule has 0 radical (unpaired) electrons. The highest BCUT2D eigenvalue weighted by molar-refractivity contribution is 9.10. The zero-order valence-electron chi connectivity index (χ0n) is 10.6. The van der Waals surface area contributed by atoms with Crippen molar-refractivity contribution in [1.82, 2.24) is 0 Å². The van der Waals surface area contributed by atoms with E-state index in [0.29, 0.717) is 16.8 Å². The molecule has 2 rings (SSSR count). The second kappa shape index (κ2) is 5.85. The van der Waals surface area contributed by atoms with Gasteiger partial charge in [0.15, 0.2) is 0 Å². The Balaban J connectivity index is 2.35. The Morgan fingerprint density at radius 1 is 1.35 bits per heavy atom. The first-order valence-electron chi connectivity index (χ1n) is 5.79. The largest absolute Gasteiger partial charge is 0.321 e. The zero-order valence-corrected chi connectivity index (χ0v) is 12.2. The molecule has 5 heteroatoms. The summed E-state index contributed by atoms with van der Waals surface area (Å²) in [5, 5.41) is 11.6. The van der Waals surface area contributed by atoms with Crippen molar-refractivity contribution in [1.29, 1.82) is 5.26 Å². The minimum atomic E-state index is -0.583. The maximum absolute atomic E-state index is 13.9. The Bertz CT molecular complexity index is 722. The van der Waals surface area contributed by atoms with Gasteiger partial charge in [0, 0.05) is 4.47 Å². The lowest BCUT2D eigenvalue weighted by atomic mass is 10.1. The van der Waals surface area contributed by atoms with Crippen LogP contribution in [0.1, 0.15) is 21.5 Å². The Kier molecular flexibility index (Phi) is 4.16. The van der Waals surface area contributed by atoms with Crippen LogP contribution in [0.25, 0.3) is 0 Å². The smallest absolute Gasteiger partial charge is 0.258 e. The Hall–Kier alpha value is -2.19. The third-order valence-corrected chi connectivity index (χ3v) is 3.28. The standard InChI is InChI=1S/C15H10BrFN2O/c1-9-3-2-4-12(14(9)17)15(20)19-13-7-11(16)6-5-10(13)8-18/h2-7H,1H3,(H,19,20). The molecule has 0 atom stereocenters. The first-order chi connectivity index (χ1) is 9.52. The molecule has 0 aliphatic heterocycles. The number of nitriles is 1. The van der Waals surface area contributed by atoms with Crippen molar-refractivity contribution >= 4 is 27.5 Å². The number of hydrogen-bond donors (Lipinski definition) is 1. The molecular formula is C15H10BrFN2O. The number of aryl methyl sites for hydroxylation is 1. The van der Waals surface area contributed by atoms with E-state index in [0.717, 1.165) is 4.47 Å². The number of amides is 1. The first kappa shape index (κ1) is 14.2. The van der Waals surface area contributed by atoms with Gasteiger partial charge in [0.1, 0.15) is 11.9 Å². The highest BCUT2D eigenvalue weighted by atomic mass is 79.9. The normalized spacial score (nSPS) is 9.90. The van der Waals surface area contributed by atoms with Gasteiger partial charge in [-0.05, 0) is 36.8 Å². The number of nitrogens with zero attached hydrogens (tertiary/aromatic N) is 1. The number of benzene rings is 2. The molecule has 0 bridgehead atoms. The van der Waals surface area contributed by atoms with Crippen LogP contribution in [0, 0.1) is 24.1 Å². The quantitative estimate of drug-likeness (QED) is 0.902. The lowest BCUT2D eigenvalue weighted by Gasteiger charge is -2.09. The topological polar surface area (TPSA) is 52.9 Å². The Morgan fingerprint density at radius 2 is 2.10 bits per heavy atom. The van der Waals surface area contributed by atoms with Crippen molar-refractivity contribution in [3.8, 4) is 6.07 Å². The summed E-state index contributed by atoms with van der Waals surface area (Å²) in [6.07, 6.45) is 0. The molecule has 0 aliphatic rings. The van der Waals surface area contributed by atoms with Gasteiger partial charge >= 0.3 is 0 Å². The van der Waals surface area contributed by atoms with Crippen molar-refractivity contribution in [2.45, 2.75) is 6.92 Å². The molecule has 0 aromatic heterocycles. The summed E-state index contributed by atoms with van der Waals surface area (Å²) in [4.78, 5) is 12.1. The maximum atomic E-state index is 13.9. The molecule has 100 valence electrons. The molecule has 0 aliphatic carbocycles. The van der Waals surface area contributed by atoms with E-state index in [-0.39, 0.29) is 5.56 Å². The van der Waals surface area contributed by atoms with Crippen LogP contribution in [0.15, 0.2) is 40.9 Å². The van der Waals surface area contributed by atoms with Gasteiger partial charge in [-0.1, -0.05) is 28.1 Å². The number of anilines is 1. The van der Waals surface area contributed by atoms with Crippen molar-refractivity contribution in [2.75, 3.05) is 5.32 Å². The predicted octanol–water partition coefficient (Wildman–Crippen LogP) is 4.02. The van der Waals surface area contributed by atoms with Gasteiger partial charge in [0.25, 0.3) is 5.91 Å². The van der Waals surface area contributed by atoms with Crippen molar-refractivity contribution in [2.24, 2.45) is 0 Å². The number of nitrogens with one attached hydrogen (secondary N) is 1. The van der Waals surface area contributed by atoms with Crippen LogP contribution in [0.5, 0.6) is 0 Å². The summed E-state index contributed by atoms with van der Waals surface area (Å²) < 4.78 is 14.6. The average molecular weight is 333 g/mol. The van der Waals surface area contributed by atoms with E-state index in [9.17, 15) is 9.18 Å². The fraction of sp³-hybridized carbons (Fsp3) is 0.0667. The van der Waals surface area contributed by atoms with Crippen LogP contribution in [0.4, 0.5) is 10.1 Å². The van der Waals surface area contributed by atoms with E-state index in [2.05, 4.69) is 21.2 Å². The molecule has 0 spiro atoms. The van der Waals surface area contributed by atoms with E-state index in [1.807, 2.05) is 6.07 Å². The van der Waals surface area contributed by atoms with Gasteiger partial charge in [0.05, 0.1) is 16.8 Å². The van der Waals surface area contributed by atoms with Crippen LogP contribution < -0.4 is 5.32 Å². The Labute approximate surface area is 124 Å². The van der Waals surface area contributed by atoms with Gasteiger partial charge in [-0.25, -0.2) is 4.39 Å². The summed E-state index contributed by atoms with van der Waals surface area (Å²) >= 11 is 3.26. The molecule has 0 unspecified atom stereocenters. The summed E-state index contributed by atoms with van der Waals surface area (Å²) in [5.74, 6) is -1.14. The van der Waals surface area contributed by atoms with Crippen LogP contribution >= 0.6 is 15.9 Å². The fourth-order valence-corrected chi connectivity index (χ4v) is 2.09. The zero-order chi connectivity index (χ0) is 14.7. The number of rotatable bonds is 2. The number of carbonyl (C=O) groups is 1. The number of hydrogen-bond acceptors (Lipinski definition) is 2. The maximum Gasteiger partial charge on any atom is 0.258 e. The van der Waals surface area contributed by atoms with Gasteiger partial charge < -0.3 is 5.32 Å². The molecule has 3 nitrogen and oxygen atoms in total. The molecular weight excluding hydrogens is 323 g/mol. The summed E-state index contributed by atoms with van der Waals surface area (Å²) in [5.41, 5.74) is 1.00. The van der Waals surface area contributed by atoms with Gasteiger partial charge in [-0.2, -0.15) is 5.26 Å². The molecule has 0 saturated heterocycles. The third-order valence-electron chi connectivity index (χ3n) is 2.79. The van der Waals surface area contributed by atoms with Crippen molar-refractivity contribution in [3.63, 3.8) is 0 Å². The lowest BCUT2D eigenvalue weighted by Crippen LogP contribution is -2.15. The van der Waals surface area contributed by atoms with Crippen LogP contribution in [0.2, 0.25) is 0 Å². The summed E-state index contributed by atoms with van der Waals surface area (Å²) in [6.45, 7) is 1.59. The highest BCUT2D eigenvalue weighted by Gasteiger charge is 2.14. The van der Waals surface area contributed by atoms with Crippen molar-refractivity contribution < 1.29 is 9.18 Å². The second-order valence-corrected chi connectivity index (χ2v) is 5.11. The minimum Gasteiger partial charge on any atom is -0.321 e. The molecule has 2 aromatic carbocycles. The highest BCUT2D eigenvalue weighted by Crippen LogP contribution is 2.22. The third kappa shape index (κ3) is 2.86. The van der Waals surface area contributed by atoms with Gasteiger partial charge in [0.2, 0.25) is 0 Å². The van der Waals surface area contributed by atoms with Gasteiger partial charge in [-0.3, -0.25) is 4.79 Å². The average Bonchev–Trinajstić information content (AvgIpc) is 2.42. The van der Waals surface area contributed by atoms with Crippen molar-refractivity contribution in [3.05, 3.63) is 63.4 Å². The van der Waals surface area contributed by atoms with Crippen LogP contribution in [-0.2, 0) is 0 Å². The molecule has 2 aromatic rings. The molecule has 0 heterocycles. The number of halogens is 2. The molecule has 20 heavy (non-hydrogen) atoms. The summed E-state index contributed by atoms with van der Waals surface area (Å²) in [6, 6.07) is 11.5. The molecule has 0 saturated carbocycles. The first-order valence-corrected chi connectivity index (χ1v) is 6.58. The second-order valence-electron chi connectivity index (χ2n) is 4.19. The Morgan fingerprint density at radius 3 is 2.80 bits per heavy atom. The fourth-order valence-electron chi connectivity index (χ4n) is 1.73. The van der Waals surface area contributed by atoms with E-state index < -0.39 is 11.7 Å². The van der Waals surface area contributed by atoms with E-state index in [1.54, 1.807) is 37.3 Å². The molecule has 0 fully saturated rings. The van der Waals surface area contributed by atoms with Gasteiger partial charge in [-0.15, -0.1) is 0 Å². The van der Waals surface area contributed by atoms with E-state index in [1.165, 1.54) is 6.07 Å². The molecule has 1 N–H and O–H groups in total. The van der Waals surface area contributed by atoms with E-state index >= 15 is 0 Å². The van der Waals surface area contributed by atoms with E-state index in [4.69, 9.17) is 5.26 Å². The van der Waals surface area contributed by atoms with Crippen LogP contribution in [-0.4, -0.2) is 5.91 Å². The predicted molar refractivity (Wildman–Crippen MR) is 77.9 cm³/mol. The monoisotopic (exact) mass is 332 g/mol. The van der Waals surface area contributed by atoms with Crippen LogP contribution in [0.3, 0.4) is 0 Å². The molecule has 1 amide bonds. The number of carbonyl (C=O) groups excluding carboxylic acids is 1. The minimum absolute atomic E-state index is 0.0473. The lowest BCUT2D eigenvalue weighted by molar-refractivity contribution is 0.102. The SMILES string of the molecule is Cc1cccc(C(=O)Nc2cc(Br)ccc2C#N)c1F. The summed E-state index contributed by atoms with van der Waals surface area (Å²) in [7, 11) is 0.